The van der Waals surface area contributed by atoms with Gasteiger partial charge in [-0.25, -0.2) is 0 Å². The molecule has 0 bridgehead atoms. The average Bonchev–Trinajstić information content (AvgIpc) is 3.27. The number of hydrogen-bond acceptors (Lipinski definition) is 7. The van der Waals surface area contributed by atoms with E-state index in [1.165, 1.54) is 24.3 Å². The van der Waals surface area contributed by atoms with Gasteiger partial charge in [-0.3, -0.25) is 34.2 Å². The highest BCUT2D eigenvalue weighted by Crippen LogP contribution is 2.41. The normalized spacial score (nSPS) is 19.8. The summed E-state index contributed by atoms with van der Waals surface area (Å²) in [6.45, 7) is 0.260. The first-order valence-corrected chi connectivity index (χ1v) is 11.2. The highest BCUT2D eigenvalue weighted by Gasteiger charge is 2.45. The fraction of sp³-hybridized carbons (Fsp3) is 0.292. The van der Waals surface area contributed by atoms with Crippen molar-refractivity contribution in [3.8, 4) is 11.5 Å². The molecule has 2 aromatic carbocycles. The number of nitrogens with zero attached hydrogens (tertiary/aromatic N) is 1. The zero-order valence-electron chi connectivity index (χ0n) is 18.6. The Hall–Kier alpha value is -4.35. The predicted molar refractivity (Wildman–Crippen MR) is 116 cm³/mol. The number of carbonyl (C=O) groups is 5. The second kappa shape index (κ2) is 8.70. The van der Waals surface area contributed by atoms with Crippen LogP contribution in [0.25, 0.3) is 0 Å². The molecule has 0 saturated carbocycles. The van der Waals surface area contributed by atoms with Crippen molar-refractivity contribution in [3.63, 3.8) is 0 Å². The molecule has 5 rings (SSSR count). The lowest BCUT2D eigenvalue weighted by atomic mass is 10.0. The van der Waals surface area contributed by atoms with Gasteiger partial charge in [0.25, 0.3) is 17.7 Å². The van der Waals surface area contributed by atoms with Gasteiger partial charge in [-0.05, 0) is 55.2 Å². The van der Waals surface area contributed by atoms with Crippen LogP contribution in [0.2, 0.25) is 0 Å². The summed E-state index contributed by atoms with van der Waals surface area (Å²) < 4.78 is 34.9. The Labute approximate surface area is 202 Å². The van der Waals surface area contributed by atoms with Gasteiger partial charge in [0, 0.05) is 18.5 Å². The molecule has 0 aromatic heterocycles. The summed E-state index contributed by atoms with van der Waals surface area (Å²) in [7, 11) is 0. The number of rotatable bonds is 6. The smallest absolute Gasteiger partial charge is 0.395 e. The van der Waals surface area contributed by atoms with Crippen LogP contribution in [0.3, 0.4) is 0 Å². The molecular formula is C24H19F2N3O7. The molecule has 0 spiro atoms. The van der Waals surface area contributed by atoms with Gasteiger partial charge < -0.3 is 14.8 Å². The van der Waals surface area contributed by atoms with E-state index in [2.05, 4.69) is 20.1 Å². The molecule has 186 valence electrons. The first-order valence-electron chi connectivity index (χ1n) is 11.2. The molecule has 3 heterocycles. The summed E-state index contributed by atoms with van der Waals surface area (Å²) in [5, 5.41) is 4.84. The van der Waals surface area contributed by atoms with Gasteiger partial charge in [-0.15, -0.1) is 8.78 Å². The number of aryl methyl sites for hydroxylation is 1. The Morgan fingerprint density at radius 2 is 1.78 bits per heavy atom. The largest absolute Gasteiger partial charge is 0.586 e. The molecule has 36 heavy (non-hydrogen) atoms. The second-order valence-corrected chi connectivity index (χ2v) is 8.52. The maximum Gasteiger partial charge on any atom is 0.586 e. The minimum atomic E-state index is -3.77. The number of piperidine rings is 1. The lowest BCUT2D eigenvalue weighted by molar-refractivity contribution is -0.286. The number of hydrogen-bond donors (Lipinski definition) is 2. The molecule has 1 saturated heterocycles. The standard InChI is InChI=1S/C24H19F2N3O7/c25-24(26)35-17-7-4-13(11-18(17)36-24)20(31)27-9-1-2-12-3-5-14-15(10-12)23(34)29(22(14)33)16-6-8-19(30)28-21(16)32/h3-5,7,10-11,16H,1-2,6,8-9H2,(H,27,31)(H,28,30,32). The van der Waals surface area contributed by atoms with Gasteiger partial charge in [0.2, 0.25) is 11.8 Å². The molecule has 1 unspecified atom stereocenters. The first kappa shape index (κ1) is 23.4. The van der Waals surface area contributed by atoms with Gasteiger partial charge in [0.15, 0.2) is 11.5 Å². The van der Waals surface area contributed by atoms with E-state index < -0.39 is 41.9 Å². The van der Waals surface area contributed by atoms with Crippen molar-refractivity contribution >= 4 is 29.5 Å². The van der Waals surface area contributed by atoms with Crippen LogP contribution in [-0.4, -0.2) is 53.3 Å². The second-order valence-electron chi connectivity index (χ2n) is 8.52. The Morgan fingerprint density at radius 1 is 1.03 bits per heavy atom. The van der Waals surface area contributed by atoms with Gasteiger partial charge in [-0.1, -0.05) is 6.07 Å². The molecule has 10 nitrogen and oxygen atoms in total. The fourth-order valence-electron chi connectivity index (χ4n) is 4.36. The molecule has 3 aliphatic heterocycles. The average molecular weight is 499 g/mol. The Morgan fingerprint density at radius 3 is 2.56 bits per heavy atom. The number of carbonyl (C=O) groups excluding carboxylic acids is 5. The predicted octanol–water partition coefficient (Wildman–Crippen LogP) is 1.77. The highest BCUT2D eigenvalue weighted by atomic mass is 19.3. The van der Waals surface area contributed by atoms with Crippen LogP contribution in [0.5, 0.6) is 11.5 Å². The van der Waals surface area contributed by atoms with Crippen molar-refractivity contribution in [1.29, 1.82) is 0 Å². The van der Waals surface area contributed by atoms with Gasteiger partial charge in [0.1, 0.15) is 6.04 Å². The first-order chi connectivity index (χ1) is 17.1. The molecule has 5 amide bonds. The number of alkyl halides is 2. The van der Waals surface area contributed by atoms with Crippen LogP contribution < -0.4 is 20.1 Å². The monoisotopic (exact) mass is 499 g/mol. The molecule has 2 N–H and O–H groups in total. The van der Waals surface area contributed by atoms with E-state index in [4.69, 9.17) is 0 Å². The number of fused-ring (bicyclic) bond motifs is 2. The minimum Gasteiger partial charge on any atom is -0.395 e. The van der Waals surface area contributed by atoms with Gasteiger partial charge >= 0.3 is 6.29 Å². The molecule has 0 radical (unpaired) electrons. The van der Waals surface area contributed by atoms with Crippen LogP contribution >= 0.6 is 0 Å². The summed E-state index contributed by atoms with van der Waals surface area (Å²) in [5.41, 5.74) is 1.25. The Balaban J connectivity index is 1.17. The summed E-state index contributed by atoms with van der Waals surface area (Å²) >= 11 is 0. The lowest BCUT2D eigenvalue weighted by Gasteiger charge is -2.27. The zero-order valence-corrected chi connectivity index (χ0v) is 18.6. The van der Waals surface area contributed by atoms with Crippen molar-refractivity contribution in [2.75, 3.05) is 6.54 Å². The SMILES string of the molecule is O=C1CCC(N2C(=O)c3ccc(CCCNC(=O)c4ccc5c(c4)OC(F)(F)O5)cc3C2=O)C(=O)N1. The highest BCUT2D eigenvalue weighted by molar-refractivity contribution is 6.23. The number of benzene rings is 2. The number of amides is 5. The van der Waals surface area contributed by atoms with E-state index in [0.717, 1.165) is 10.5 Å². The van der Waals surface area contributed by atoms with E-state index >= 15 is 0 Å². The molecule has 2 aromatic rings. The molecule has 0 aliphatic carbocycles. The van der Waals surface area contributed by atoms with Crippen molar-refractivity contribution in [2.45, 2.75) is 38.0 Å². The molecular weight excluding hydrogens is 480 g/mol. The van der Waals surface area contributed by atoms with E-state index in [-0.39, 0.29) is 47.6 Å². The fourth-order valence-corrected chi connectivity index (χ4v) is 4.36. The summed E-state index contributed by atoms with van der Waals surface area (Å²) in [4.78, 5) is 62.5. The van der Waals surface area contributed by atoms with Crippen LogP contribution in [0.1, 0.15) is 55.9 Å². The maximum atomic E-state index is 13.1. The van der Waals surface area contributed by atoms with Crippen LogP contribution in [0.4, 0.5) is 8.78 Å². The molecule has 1 atom stereocenters. The summed E-state index contributed by atoms with van der Waals surface area (Å²) in [6, 6.07) is 7.51. The van der Waals surface area contributed by atoms with Crippen molar-refractivity contribution < 1.29 is 42.2 Å². The third-order valence-electron chi connectivity index (χ3n) is 6.10. The van der Waals surface area contributed by atoms with Gasteiger partial charge in [0.05, 0.1) is 11.1 Å². The molecule has 12 heteroatoms. The Bertz CT molecular complexity index is 1330. The third-order valence-corrected chi connectivity index (χ3v) is 6.10. The number of nitrogens with one attached hydrogen (secondary N) is 2. The van der Waals surface area contributed by atoms with Gasteiger partial charge in [-0.2, -0.15) is 0 Å². The minimum absolute atomic E-state index is 0.0412. The summed E-state index contributed by atoms with van der Waals surface area (Å²) in [5.74, 6) is -3.15. The van der Waals surface area contributed by atoms with E-state index in [1.807, 2.05) is 0 Å². The third kappa shape index (κ3) is 4.25. The molecule has 1 fully saturated rings. The van der Waals surface area contributed by atoms with E-state index in [0.29, 0.717) is 12.8 Å². The van der Waals surface area contributed by atoms with Crippen LogP contribution in [-0.2, 0) is 16.0 Å². The number of imide groups is 2. The Kier molecular flexibility index (Phi) is 5.65. The maximum absolute atomic E-state index is 13.1. The van der Waals surface area contributed by atoms with E-state index in [9.17, 15) is 32.8 Å². The molecule has 3 aliphatic rings. The zero-order chi connectivity index (χ0) is 25.6. The topological polar surface area (TPSA) is 131 Å². The lowest BCUT2D eigenvalue weighted by Crippen LogP contribution is -2.54. The number of halogens is 2. The number of ether oxygens (including phenoxy) is 2. The van der Waals surface area contributed by atoms with Crippen molar-refractivity contribution in [3.05, 3.63) is 58.7 Å². The quantitative estimate of drug-likeness (QED) is 0.458. The van der Waals surface area contributed by atoms with Crippen molar-refractivity contribution in [2.24, 2.45) is 0 Å². The van der Waals surface area contributed by atoms with Crippen LogP contribution in [0.15, 0.2) is 36.4 Å². The van der Waals surface area contributed by atoms with E-state index in [1.54, 1.807) is 12.1 Å². The van der Waals surface area contributed by atoms with Crippen LogP contribution in [0, 0.1) is 0 Å². The van der Waals surface area contributed by atoms with Crippen molar-refractivity contribution in [1.82, 2.24) is 15.5 Å². The summed E-state index contributed by atoms with van der Waals surface area (Å²) in [6.07, 6.45) is -2.68.